The molecule has 90 valence electrons. The van der Waals surface area contributed by atoms with Crippen LogP contribution in [0.3, 0.4) is 0 Å². The molecule has 5 heteroatoms. The van der Waals surface area contributed by atoms with Gasteiger partial charge in [-0.05, 0) is 6.92 Å². The standard InChI is InChI=1S/C10H19NO3.ClH/c1-9(12)8-10(13)14-7-5-6-11(2,3)4;/h8H,5-7H2,1-4H3;1H. The van der Waals surface area contributed by atoms with Crippen LogP contribution < -0.4 is 12.4 Å². The van der Waals surface area contributed by atoms with Gasteiger partial charge in [0.05, 0.1) is 46.1 Å². The van der Waals surface area contributed by atoms with E-state index in [-0.39, 0.29) is 18.2 Å². The Labute approximate surface area is 97.5 Å². The first kappa shape index (κ1) is 16.7. The molecule has 0 unspecified atom stereocenters. The van der Waals surface area contributed by atoms with Crippen LogP contribution in [0.2, 0.25) is 0 Å². The van der Waals surface area contributed by atoms with Gasteiger partial charge < -0.3 is 26.7 Å². The molecule has 0 atom stereocenters. The number of allylic oxidation sites excluding steroid dienone is 1. The molecule has 0 aromatic rings. The van der Waals surface area contributed by atoms with E-state index in [0.29, 0.717) is 6.61 Å². The van der Waals surface area contributed by atoms with Crippen molar-refractivity contribution in [1.29, 1.82) is 0 Å². The average molecular weight is 238 g/mol. The Balaban J connectivity index is 0. The van der Waals surface area contributed by atoms with Crippen LogP contribution in [0, 0.1) is 0 Å². The molecule has 0 aliphatic heterocycles. The van der Waals surface area contributed by atoms with Gasteiger partial charge >= 0.3 is 5.97 Å². The number of aliphatic hydroxyl groups is 1. The predicted molar refractivity (Wildman–Crippen MR) is 54.9 cm³/mol. The van der Waals surface area contributed by atoms with Gasteiger partial charge in [-0.3, -0.25) is 0 Å². The minimum Gasteiger partial charge on any atom is -1.00 e. The molecule has 0 aromatic carbocycles. The second-order valence-corrected chi connectivity index (χ2v) is 4.32. The fourth-order valence-corrected chi connectivity index (χ4v) is 0.924. The molecule has 0 bridgehead atoms. The van der Waals surface area contributed by atoms with Crippen molar-refractivity contribution in [3.63, 3.8) is 0 Å². The summed E-state index contributed by atoms with van der Waals surface area (Å²) in [6.07, 6.45) is 1.90. The van der Waals surface area contributed by atoms with Crippen molar-refractivity contribution in [1.82, 2.24) is 0 Å². The molecular formula is C10H20ClNO3. The molecular weight excluding hydrogens is 218 g/mol. The maximum Gasteiger partial charge on any atom is 0.334 e. The summed E-state index contributed by atoms with van der Waals surface area (Å²) in [5.41, 5.74) is 0. The van der Waals surface area contributed by atoms with Gasteiger partial charge in [-0.1, -0.05) is 0 Å². The van der Waals surface area contributed by atoms with E-state index in [1.807, 2.05) is 0 Å². The van der Waals surface area contributed by atoms with Gasteiger partial charge in [0.1, 0.15) is 0 Å². The Morgan fingerprint density at radius 2 is 1.93 bits per heavy atom. The van der Waals surface area contributed by atoms with Crippen LogP contribution in [0.5, 0.6) is 0 Å². The maximum absolute atomic E-state index is 10.9. The van der Waals surface area contributed by atoms with E-state index in [2.05, 4.69) is 21.1 Å². The largest absolute Gasteiger partial charge is 1.00 e. The number of nitrogens with zero attached hydrogens (tertiary/aromatic N) is 1. The maximum atomic E-state index is 10.9. The Bertz CT molecular complexity index is 217. The lowest BCUT2D eigenvalue weighted by molar-refractivity contribution is -0.870. The number of ether oxygens (including phenoxy) is 1. The quantitative estimate of drug-likeness (QED) is 0.200. The fourth-order valence-electron chi connectivity index (χ4n) is 0.924. The third kappa shape index (κ3) is 13.3. The highest BCUT2D eigenvalue weighted by Crippen LogP contribution is 1.95. The van der Waals surface area contributed by atoms with Crippen molar-refractivity contribution >= 4 is 5.97 Å². The number of esters is 1. The summed E-state index contributed by atoms with van der Waals surface area (Å²) in [7, 11) is 6.25. The number of aliphatic hydroxyl groups excluding tert-OH is 1. The summed E-state index contributed by atoms with van der Waals surface area (Å²) in [4.78, 5) is 10.9. The minimum absolute atomic E-state index is 0. The van der Waals surface area contributed by atoms with Crippen molar-refractivity contribution in [2.75, 3.05) is 34.3 Å². The van der Waals surface area contributed by atoms with Gasteiger partial charge in [0, 0.05) is 6.42 Å². The normalized spacial score (nSPS) is 11.9. The summed E-state index contributed by atoms with van der Waals surface area (Å²) in [5.74, 6) is -0.506. The molecule has 0 aromatic heterocycles. The molecule has 0 aliphatic rings. The minimum atomic E-state index is -0.480. The average Bonchev–Trinajstić information content (AvgIpc) is 1.95. The Hall–Kier alpha value is -0.740. The van der Waals surface area contributed by atoms with Gasteiger partial charge in [-0.2, -0.15) is 0 Å². The predicted octanol–water partition coefficient (Wildman–Crippen LogP) is -1.91. The Kier molecular flexibility index (Phi) is 8.38. The highest BCUT2D eigenvalue weighted by Gasteiger charge is 2.06. The Morgan fingerprint density at radius 1 is 1.40 bits per heavy atom. The van der Waals surface area contributed by atoms with Crippen molar-refractivity contribution in [3.8, 4) is 0 Å². The summed E-state index contributed by atoms with van der Waals surface area (Å²) in [6, 6.07) is 0. The van der Waals surface area contributed by atoms with Gasteiger partial charge in [-0.15, -0.1) is 0 Å². The van der Waals surface area contributed by atoms with Crippen LogP contribution in [0.15, 0.2) is 11.8 Å². The second kappa shape index (κ2) is 7.54. The molecule has 1 N–H and O–H groups in total. The van der Waals surface area contributed by atoms with Crippen molar-refractivity contribution in [2.45, 2.75) is 13.3 Å². The van der Waals surface area contributed by atoms with E-state index in [0.717, 1.165) is 23.5 Å². The monoisotopic (exact) mass is 237 g/mol. The summed E-state index contributed by atoms with van der Waals surface area (Å²) >= 11 is 0. The number of quaternary nitrogens is 1. The zero-order chi connectivity index (χ0) is 11.2. The van der Waals surface area contributed by atoms with Crippen LogP contribution in [-0.2, 0) is 9.53 Å². The number of hydrogen-bond donors (Lipinski definition) is 1. The van der Waals surface area contributed by atoms with Crippen molar-refractivity contribution in [2.24, 2.45) is 0 Å². The van der Waals surface area contributed by atoms with Crippen molar-refractivity contribution < 1.29 is 31.5 Å². The SMILES string of the molecule is CC(O)=CC(=O)OCCC[N+](C)(C)C.[Cl-]. The smallest absolute Gasteiger partial charge is 0.334 e. The fraction of sp³-hybridized carbons (Fsp3) is 0.700. The summed E-state index contributed by atoms with van der Waals surface area (Å²) in [6.45, 7) is 2.79. The van der Waals surface area contributed by atoms with E-state index in [1.54, 1.807) is 0 Å². The molecule has 0 heterocycles. The van der Waals surface area contributed by atoms with E-state index in [4.69, 9.17) is 9.84 Å². The first-order valence-corrected chi connectivity index (χ1v) is 4.66. The number of halogens is 1. The molecule has 0 rings (SSSR count). The number of rotatable bonds is 5. The summed E-state index contributed by atoms with van der Waals surface area (Å²) < 4.78 is 5.72. The highest BCUT2D eigenvalue weighted by atomic mass is 35.5. The molecule has 0 radical (unpaired) electrons. The molecule has 0 amide bonds. The number of carbonyl (C=O) groups is 1. The zero-order valence-electron chi connectivity index (χ0n) is 9.79. The topological polar surface area (TPSA) is 46.5 Å². The molecule has 0 saturated carbocycles. The number of carbonyl (C=O) groups excluding carboxylic acids is 1. The lowest BCUT2D eigenvalue weighted by Gasteiger charge is -2.23. The van der Waals surface area contributed by atoms with Crippen LogP contribution in [0.4, 0.5) is 0 Å². The first-order valence-electron chi connectivity index (χ1n) is 4.66. The zero-order valence-corrected chi connectivity index (χ0v) is 10.5. The molecule has 0 aliphatic carbocycles. The summed E-state index contributed by atoms with van der Waals surface area (Å²) in [5, 5.41) is 8.77. The van der Waals surface area contributed by atoms with E-state index in [9.17, 15) is 4.79 Å². The third-order valence-electron chi connectivity index (χ3n) is 1.54. The highest BCUT2D eigenvalue weighted by molar-refractivity contribution is 5.82. The first-order chi connectivity index (χ1) is 6.31. The molecule has 0 saturated heterocycles. The third-order valence-corrected chi connectivity index (χ3v) is 1.54. The second-order valence-electron chi connectivity index (χ2n) is 4.32. The van der Waals surface area contributed by atoms with E-state index >= 15 is 0 Å². The van der Waals surface area contributed by atoms with Gasteiger partial charge in [-0.25, -0.2) is 4.79 Å². The Morgan fingerprint density at radius 3 is 2.33 bits per heavy atom. The molecule has 0 fully saturated rings. The molecule has 4 nitrogen and oxygen atoms in total. The van der Waals surface area contributed by atoms with Gasteiger partial charge in [0.15, 0.2) is 0 Å². The molecule has 15 heavy (non-hydrogen) atoms. The lowest BCUT2D eigenvalue weighted by Crippen LogP contribution is -3.00. The molecule has 0 spiro atoms. The van der Waals surface area contributed by atoms with Gasteiger partial charge in [0.25, 0.3) is 0 Å². The van der Waals surface area contributed by atoms with E-state index in [1.165, 1.54) is 6.92 Å². The van der Waals surface area contributed by atoms with Crippen LogP contribution >= 0.6 is 0 Å². The number of hydrogen-bond acceptors (Lipinski definition) is 3. The van der Waals surface area contributed by atoms with Crippen LogP contribution in [0.25, 0.3) is 0 Å². The van der Waals surface area contributed by atoms with Crippen LogP contribution in [0.1, 0.15) is 13.3 Å². The van der Waals surface area contributed by atoms with Gasteiger partial charge in [0.2, 0.25) is 0 Å². The van der Waals surface area contributed by atoms with E-state index < -0.39 is 5.97 Å². The lowest BCUT2D eigenvalue weighted by atomic mass is 10.4. The van der Waals surface area contributed by atoms with Crippen molar-refractivity contribution in [3.05, 3.63) is 11.8 Å². The van der Waals surface area contributed by atoms with Crippen LogP contribution in [-0.4, -0.2) is 49.9 Å².